The number of rotatable bonds is 12. The zero-order chi connectivity index (χ0) is 26.9. The van der Waals surface area contributed by atoms with E-state index in [1.165, 1.54) is 10.1 Å². The molecule has 0 saturated heterocycles. The number of carboxylic acids is 1. The molecule has 0 saturated carbocycles. The number of aliphatic carboxylic acids is 1. The van der Waals surface area contributed by atoms with E-state index < -0.39 is 17.9 Å². The normalized spacial score (nSPS) is 11.6. The van der Waals surface area contributed by atoms with Gasteiger partial charge < -0.3 is 21.1 Å². The standard InChI is InChI=1S/C29H30N4O4S/c1-19-10-13-31-26(15-19)30-12-2-3-27(34)32-18-28(35)33-24(17-29(36)37)21-6-4-20(5-7-21)23-9-8-22-11-14-38-25(22)16-23/h4-11,13-16,24H,2-3,12,17-18H2,1H3,(H,30,31)(H,32,34)(H,33,35)(H,36,37). The van der Waals surface area contributed by atoms with E-state index >= 15 is 0 Å². The largest absolute Gasteiger partial charge is 0.481 e. The molecule has 9 heteroatoms. The van der Waals surface area contributed by atoms with Crippen LogP contribution in [0.1, 0.15) is 36.4 Å². The number of nitrogens with one attached hydrogen (secondary N) is 3. The fraction of sp³-hybridized carbons (Fsp3) is 0.241. The Morgan fingerprint density at radius 1 is 0.974 bits per heavy atom. The molecule has 2 aromatic heterocycles. The minimum Gasteiger partial charge on any atom is -0.481 e. The van der Waals surface area contributed by atoms with Gasteiger partial charge in [-0.1, -0.05) is 36.4 Å². The van der Waals surface area contributed by atoms with E-state index in [0.717, 1.165) is 22.5 Å². The Labute approximate surface area is 225 Å². The zero-order valence-electron chi connectivity index (χ0n) is 21.1. The highest BCUT2D eigenvalue weighted by atomic mass is 32.1. The van der Waals surface area contributed by atoms with Crippen LogP contribution in [0.5, 0.6) is 0 Å². The van der Waals surface area contributed by atoms with Crippen LogP contribution in [0.2, 0.25) is 0 Å². The lowest BCUT2D eigenvalue weighted by Crippen LogP contribution is -2.39. The summed E-state index contributed by atoms with van der Waals surface area (Å²) in [6.45, 7) is 2.34. The summed E-state index contributed by atoms with van der Waals surface area (Å²) in [7, 11) is 0. The molecule has 196 valence electrons. The van der Waals surface area contributed by atoms with Crippen LogP contribution in [-0.4, -0.2) is 41.0 Å². The van der Waals surface area contributed by atoms with Crippen molar-refractivity contribution in [3.05, 3.63) is 83.4 Å². The number of aryl methyl sites for hydroxylation is 1. The molecule has 2 amide bonds. The monoisotopic (exact) mass is 530 g/mol. The molecular weight excluding hydrogens is 500 g/mol. The summed E-state index contributed by atoms with van der Waals surface area (Å²) in [5.74, 6) is -0.965. The summed E-state index contributed by atoms with van der Waals surface area (Å²) in [5.41, 5.74) is 3.85. The number of aromatic nitrogens is 1. The Morgan fingerprint density at radius 3 is 2.53 bits per heavy atom. The van der Waals surface area contributed by atoms with Gasteiger partial charge in [0.15, 0.2) is 0 Å². The molecule has 0 spiro atoms. The molecule has 38 heavy (non-hydrogen) atoms. The van der Waals surface area contributed by atoms with Gasteiger partial charge in [0.05, 0.1) is 19.0 Å². The number of anilines is 1. The van der Waals surface area contributed by atoms with Crippen LogP contribution >= 0.6 is 11.3 Å². The molecule has 1 atom stereocenters. The molecule has 0 aliphatic carbocycles. The quantitative estimate of drug-likeness (QED) is 0.193. The van der Waals surface area contributed by atoms with E-state index in [4.69, 9.17) is 0 Å². The van der Waals surface area contributed by atoms with Gasteiger partial charge >= 0.3 is 5.97 Å². The van der Waals surface area contributed by atoms with Crippen molar-refractivity contribution in [2.75, 3.05) is 18.4 Å². The lowest BCUT2D eigenvalue weighted by Gasteiger charge is -2.18. The number of pyridine rings is 1. The summed E-state index contributed by atoms with van der Waals surface area (Å²) in [5, 5.41) is 21.1. The Bertz CT molecular complexity index is 1420. The summed E-state index contributed by atoms with van der Waals surface area (Å²) in [6, 6.07) is 19.0. The molecule has 0 bridgehead atoms. The van der Waals surface area contributed by atoms with E-state index in [0.29, 0.717) is 18.5 Å². The average Bonchev–Trinajstić information content (AvgIpc) is 3.38. The highest BCUT2D eigenvalue weighted by Gasteiger charge is 2.19. The highest BCUT2D eigenvalue weighted by molar-refractivity contribution is 7.17. The first kappa shape index (κ1) is 26.8. The van der Waals surface area contributed by atoms with Crippen LogP contribution in [0.25, 0.3) is 21.2 Å². The SMILES string of the molecule is Cc1ccnc(NCCCC(=O)NCC(=O)NC(CC(=O)O)c2ccc(-c3ccc4ccsc4c3)cc2)c1. The Kier molecular flexibility index (Phi) is 9.05. The Balaban J connectivity index is 1.27. The third-order valence-corrected chi connectivity index (χ3v) is 6.94. The molecule has 4 N–H and O–H groups in total. The molecule has 2 aromatic carbocycles. The lowest BCUT2D eigenvalue weighted by atomic mass is 9.98. The van der Waals surface area contributed by atoms with Gasteiger partial charge in [-0.15, -0.1) is 11.3 Å². The van der Waals surface area contributed by atoms with Gasteiger partial charge in [-0.25, -0.2) is 4.98 Å². The van der Waals surface area contributed by atoms with Crippen LogP contribution in [-0.2, 0) is 14.4 Å². The van der Waals surface area contributed by atoms with Crippen molar-refractivity contribution in [3.8, 4) is 11.1 Å². The number of thiophene rings is 1. The van der Waals surface area contributed by atoms with Crippen LogP contribution in [0.4, 0.5) is 5.82 Å². The number of nitrogens with zero attached hydrogens (tertiary/aromatic N) is 1. The minimum atomic E-state index is -1.03. The maximum atomic E-state index is 12.5. The van der Waals surface area contributed by atoms with Crippen molar-refractivity contribution >= 4 is 45.0 Å². The molecular formula is C29H30N4O4S. The van der Waals surface area contributed by atoms with E-state index in [9.17, 15) is 19.5 Å². The molecule has 0 fully saturated rings. The number of fused-ring (bicyclic) bond motifs is 1. The minimum absolute atomic E-state index is 0.222. The number of hydrogen-bond acceptors (Lipinski definition) is 6. The number of benzene rings is 2. The molecule has 0 aliphatic rings. The molecule has 1 unspecified atom stereocenters. The van der Waals surface area contributed by atoms with E-state index in [-0.39, 0.29) is 25.3 Å². The number of amides is 2. The van der Waals surface area contributed by atoms with Gasteiger partial charge in [0.1, 0.15) is 5.82 Å². The van der Waals surface area contributed by atoms with E-state index in [1.54, 1.807) is 17.5 Å². The van der Waals surface area contributed by atoms with E-state index in [2.05, 4.69) is 50.6 Å². The second kappa shape index (κ2) is 12.8. The van der Waals surface area contributed by atoms with Crippen molar-refractivity contribution in [2.45, 2.75) is 32.2 Å². The van der Waals surface area contributed by atoms with Crippen LogP contribution < -0.4 is 16.0 Å². The Morgan fingerprint density at radius 2 is 1.76 bits per heavy atom. The van der Waals surface area contributed by atoms with Gasteiger partial charge in [0.25, 0.3) is 0 Å². The zero-order valence-corrected chi connectivity index (χ0v) is 21.9. The first-order valence-corrected chi connectivity index (χ1v) is 13.3. The summed E-state index contributed by atoms with van der Waals surface area (Å²) in [4.78, 5) is 40.3. The van der Waals surface area contributed by atoms with Crippen LogP contribution in [0.3, 0.4) is 0 Å². The molecule has 8 nitrogen and oxygen atoms in total. The first-order valence-electron chi connectivity index (χ1n) is 12.4. The number of carbonyl (C=O) groups is 3. The van der Waals surface area contributed by atoms with Crippen molar-refractivity contribution in [1.29, 1.82) is 0 Å². The topological polar surface area (TPSA) is 120 Å². The molecule has 0 aliphatic heterocycles. The van der Waals surface area contributed by atoms with Gasteiger partial charge in [0, 0.05) is 23.9 Å². The summed E-state index contributed by atoms with van der Waals surface area (Å²) in [6.07, 6.45) is 2.29. The molecule has 4 aromatic rings. The van der Waals surface area contributed by atoms with Crippen LogP contribution in [0, 0.1) is 6.92 Å². The van der Waals surface area contributed by atoms with Crippen molar-refractivity contribution in [3.63, 3.8) is 0 Å². The average molecular weight is 531 g/mol. The number of carbonyl (C=O) groups excluding carboxylic acids is 2. The molecule has 0 radical (unpaired) electrons. The van der Waals surface area contributed by atoms with Crippen molar-refractivity contribution < 1.29 is 19.5 Å². The lowest BCUT2D eigenvalue weighted by molar-refractivity contribution is -0.138. The van der Waals surface area contributed by atoms with Gasteiger partial charge in [0.2, 0.25) is 11.8 Å². The fourth-order valence-electron chi connectivity index (χ4n) is 4.08. The summed E-state index contributed by atoms with van der Waals surface area (Å²) >= 11 is 1.68. The van der Waals surface area contributed by atoms with Gasteiger partial charge in [-0.3, -0.25) is 14.4 Å². The second-order valence-corrected chi connectivity index (χ2v) is 9.99. The number of hydrogen-bond donors (Lipinski definition) is 4. The second-order valence-electron chi connectivity index (χ2n) is 9.04. The third kappa shape index (κ3) is 7.63. The smallest absolute Gasteiger partial charge is 0.305 e. The molecule has 2 heterocycles. The van der Waals surface area contributed by atoms with Crippen molar-refractivity contribution in [1.82, 2.24) is 15.6 Å². The van der Waals surface area contributed by atoms with E-state index in [1.807, 2.05) is 43.3 Å². The van der Waals surface area contributed by atoms with Crippen molar-refractivity contribution in [2.24, 2.45) is 0 Å². The first-order chi connectivity index (χ1) is 18.4. The number of carboxylic acid groups (broad SMARTS) is 1. The Hall–Kier alpha value is -4.24. The van der Waals surface area contributed by atoms with Gasteiger partial charge in [-0.2, -0.15) is 0 Å². The fourth-order valence-corrected chi connectivity index (χ4v) is 4.91. The third-order valence-electron chi connectivity index (χ3n) is 6.06. The maximum absolute atomic E-state index is 12.5. The molecule has 4 rings (SSSR count). The predicted molar refractivity (Wildman–Crippen MR) is 150 cm³/mol. The summed E-state index contributed by atoms with van der Waals surface area (Å²) < 4.78 is 1.20. The van der Waals surface area contributed by atoms with Gasteiger partial charge in [-0.05, 0) is 70.6 Å². The predicted octanol–water partition coefficient (Wildman–Crippen LogP) is 4.91. The maximum Gasteiger partial charge on any atom is 0.305 e. The van der Waals surface area contributed by atoms with Crippen LogP contribution in [0.15, 0.2) is 72.2 Å². The highest BCUT2D eigenvalue weighted by Crippen LogP contribution is 2.29.